The second-order valence-corrected chi connectivity index (χ2v) is 12.3. The van der Waals surface area contributed by atoms with Gasteiger partial charge in [0, 0.05) is 6.42 Å². The van der Waals surface area contributed by atoms with E-state index in [1.807, 2.05) is 0 Å². The second-order valence-electron chi connectivity index (χ2n) is 12.3. The molecule has 4 saturated carbocycles. The number of alkyl halides is 2. The van der Waals surface area contributed by atoms with Crippen molar-refractivity contribution < 1.29 is 28.9 Å². The fourth-order valence-corrected chi connectivity index (χ4v) is 9.57. The Morgan fingerprint density at radius 3 is 2.28 bits per heavy atom. The molecule has 4 aliphatic rings. The van der Waals surface area contributed by atoms with Crippen LogP contribution in [0.5, 0.6) is 0 Å². The van der Waals surface area contributed by atoms with Crippen LogP contribution in [0.3, 0.4) is 0 Å². The Hall–Kier alpha value is -0.750. The first-order chi connectivity index (χ1) is 14.9. The fourth-order valence-electron chi connectivity index (χ4n) is 9.57. The van der Waals surface area contributed by atoms with Crippen molar-refractivity contribution in [3.05, 3.63) is 0 Å². The molecular weight excluding hydrogens is 414 g/mol. The summed E-state index contributed by atoms with van der Waals surface area (Å²) in [6, 6.07) is 0. The molecule has 0 spiro atoms. The van der Waals surface area contributed by atoms with E-state index in [1.165, 1.54) is 0 Å². The monoisotopic (exact) mass is 456 g/mol. The summed E-state index contributed by atoms with van der Waals surface area (Å²) < 4.78 is 28.1. The number of fused-ring (bicyclic) bond motifs is 5. The molecule has 0 heterocycles. The molecule has 0 radical (unpaired) electrons. The van der Waals surface area contributed by atoms with E-state index in [9.17, 15) is 23.8 Å². The molecule has 4 aliphatic carbocycles. The van der Waals surface area contributed by atoms with E-state index in [0.717, 1.165) is 51.4 Å². The number of halogens is 2. The van der Waals surface area contributed by atoms with Gasteiger partial charge >= 0.3 is 11.9 Å². The molecule has 4 fully saturated rings. The maximum absolute atomic E-state index is 14.0. The van der Waals surface area contributed by atoms with Crippen molar-refractivity contribution in [2.75, 3.05) is 0 Å². The number of aliphatic hydroxyl groups excluding tert-OH is 2. The van der Waals surface area contributed by atoms with Crippen molar-refractivity contribution in [3.63, 3.8) is 0 Å². The van der Waals surface area contributed by atoms with Crippen molar-refractivity contribution in [2.45, 2.75) is 104 Å². The summed E-state index contributed by atoms with van der Waals surface area (Å²) >= 11 is 0. The maximum Gasteiger partial charge on any atom is 0.374 e. The SMILES string of the molecule is CC[C@H]1[C@@H](O)C2C3CC[C@H]([C@H](C)CC(F)(F)C(=O)O)[C@@]3(C)CCC2[C@@]2(C)CC[C@@H](O)C[C@@H]12. The van der Waals surface area contributed by atoms with E-state index in [0.29, 0.717) is 17.8 Å². The van der Waals surface area contributed by atoms with Crippen molar-refractivity contribution in [2.24, 2.45) is 52.3 Å². The third kappa shape index (κ3) is 3.54. The molecule has 0 amide bonds. The van der Waals surface area contributed by atoms with Crippen molar-refractivity contribution in [3.8, 4) is 0 Å². The summed E-state index contributed by atoms with van der Waals surface area (Å²) in [7, 11) is 0. The van der Waals surface area contributed by atoms with Gasteiger partial charge in [0.1, 0.15) is 0 Å². The highest BCUT2D eigenvalue weighted by Crippen LogP contribution is 2.69. The zero-order chi connectivity index (χ0) is 23.6. The van der Waals surface area contributed by atoms with Gasteiger partial charge in [-0.2, -0.15) is 8.78 Å². The molecule has 0 saturated heterocycles. The first-order valence-electron chi connectivity index (χ1n) is 12.8. The number of rotatable bonds is 5. The minimum absolute atomic E-state index is 0.0599. The summed E-state index contributed by atoms with van der Waals surface area (Å²) in [5.74, 6) is -4.65. The van der Waals surface area contributed by atoms with Crippen molar-refractivity contribution in [1.29, 1.82) is 0 Å². The van der Waals surface area contributed by atoms with Crippen LogP contribution >= 0.6 is 0 Å². The number of aliphatic hydroxyl groups is 2. The maximum atomic E-state index is 14.0. The summed E-state index contributed by atoms with van der Waals surface area (Å²) in [4.78, 5) is 11.0. The minimum atomic E-state index is -3.69. The lowest BCUT2D eigenvalue weighted by Crippen LogP contribution is -2.62. The topological polar surface area (TPSA) is 77.8 Å². The summed E-state index contributed by atoms with van der Waals surface area (Å²) in [6.07, 6.45) is 5.93. The van der Waals surface area contributed by atoms with Crippen LogP contribution in [-0.2, 0) is 4.79 Å². The molecule has 184 valence electrons. The lowest BCUT2D eigenvalue weighted by atomic mass is 9.41. The van der Waals surface area contributed by atoms with E-state index >= 15 is 0 Å². The minimum Gasteiger partial charge on any atom is -0.477 e. The van der Waals surface area contributed by atoms with Crippen LogP contribution in [0.2, 0.25) is 0 Å². The van der Waals surface area contributed by atoms with Gasteiger partial charge in [0.25, 0.3) is 0 Å². The average Bonchev–Trinajstić information content (AvgIpc) is 3.06. The van der Waals surface area contributed by atoms with E-state index in [2.05, 4.69) is 20.8 Å². The highest BCUT2D eigenvalue weighted by Gasteiger charge is 2.65. The highest BCUT2D eigenvalue weighted by molar-refractivity contribution is 5.75. The van der Waals surface area contributed by atoms with Gasteiger partial charge in [-0.25, -0.2) is 4.79 Å². The predicted molar refractivity (Wildman–Crippen MR) is 118 cm³/mol. The quantitative estimate of drug-likeness (QED) is 0.520. The summed E-state index contributed by atoms with van der Waals surface area (Å²) in [5.41, 5.74) is -0.0169. The van der Waals surface area contributed by atoms with Crippen LogP contribution < -0.4 is 0 Å². The van der Waals surface area contributed by atoms with E-state index in [-0.39, 0.29) is 40.6 Å². The van der Waals surface area contributed by atoms with Crippen LogP contribution in [0.1, 0.15) is 85.5 Å². The Labute approximate surface area is 191 Å². The number of carboxylic acids is 1. The molecule has 11 atom stereocenters. The van der Waals surface area contributed by atoms with Gasteiger partial charge < -0.3 is 15.3 Å². The third-order valence-corrected chi connectivity index (χ3v) is 11.0. The van der Waals surface area contributed by atoms with E-state index in [1.54, 1.807) is 6.92 Å². The molecule has 0 aliphatic heterocycles. The number of hydrogen-bond acceptors (Lipinski definition) is 3. The zero-order valence-electron chi connectivity index (χ0n) is 20.1. The lowest BCUT2D eigenvalue weighted by molar-refractivity contribution is -0.204. The van der Waals surface area contributed by atoms with Gasteiger partial charge in [-0.15, -0.1) is 0 Å². The van der Waals surface area contributed by atoms with Crippen molar-refractivity contribution >= 4 is 5.97 Å². The summed E-state index contributed by atoms with van der Waals surface area (Å²) in [5, 5.41) is 31.0. The van der Waals surface area contributed by atoms with Gasteiger partial charge in [-0.3, -0.25) is 0 Å². The molecule has 0 aromatic heterocycles. The van der Waals surface area contributed by atoms with Gasteiger partial charge in [0.15, 0.2) is 0 Å². The molecule has 4 nitrogen and oxygen atoms in total. The standard InChI is InChI=1S/C26H42F2O4/c1-5-16-20-12-15(29)8-10-25(20,4)19-9-11-24(3)17(6-7-18(24)21(19)22(16)30)14(2)13-26(27,28)23(31)32/h14-22,29-30H,5-13H2,1-4H3,(H,31,32)/t14-,15-,16-,17-,18?,19?,20+,21?,22-,24-,25-/m1/s1. The van der Waals surface area contributed by atoms with E-state index in [4.69, 9.17) is 5.11 Å². The first-order valence-corrected chi connectivity index (χ1v) is 12.8. The molecule has 0 bridgehead atoms. The van der Waals surface area contributed by atoms with Gasteiger partial charge in [-0.05, 0) is 97.2 Å². The second kappa shape index (κ2) is 8.18. The first kappa shape index (κ1) is 24.4. The number of hydrogen-bond donors (Lipinski definition) is 3. The molecule has 3 unspecified atom stereocenters. The largest absolute Gasteiger partial charge is 0.477 e. The van der Waals surface area contributed by atoms with Crippen LogP contribution in [0.15, 0.2) is 0 Å². The summed E-state index contributed by atoms with van der Waals surface area (Å²) in [6.45, 7) is 8.56. The highest BCUT2D eigenvalue weighted by atomic mass is 19.3. The average molecular weight is 457 g/mol. The molecule has 0 aromatic rings. The van der Waals surface area contributed by atoms with Crippen molar-refractivity contribution in [1.82, 2.24) is 0 Å². The normalized spacial score (nSPS) is 49.6. The third-order valence-electron chi connectivity index (χ3n) is 11.0. The molecule has 3 N–H and O–H groups in total. The van der Waals surface area contributed by atoms with Gasteiger partial charge in [0.05, 0.1) is 12.2 Å². The Balaban J connectivity index is 1.62. The fraction of sp³-hybridized carbons (Fsp3) is 0.962. The lowest BCUT2D eigenvalue weighted by Gasteiger charge is -2.64. The zero-order valence-corrected chi connectivity index (χ0v) is 20.1. The molecule has 6 heteroatoms. The predicted octanol–water partition coefficient (Wildman–Crippen LogP) is 5.36. The van der Waals surface area contributed by atoms with Crippen LogP contribution in [0, 0.1) is 52.3 Å². The Bertz CT molecular complexity index is 729. The number of carbonyl (C=O) groups is 1. The van der Waals surface area contributed by atoms with E-state index < -0.39 is 24.4 Å². The van der Waals surface area contributed by atoms with Crippen LogP contribution in [-0.4, -0.2) is 39.4 Å². The molecule has 32 heavy (non-hydrogen) atoms. The molecule has 0 aromatic carbocycles. The van der Waals surface area contributed by atoms with Gasteiger partial charge in [0.2, 0.25) is 0 Å². The Morgan fingerprint density at radius 2 is 1.66 bits per heavy atom. The molecular formula is C26H42F2O4. The smallest absolute Gasteiger partial charge is 0.374 e. The molecule has 4 rings (SSSR count). The van der Waals surface area contributed by atoms with Crippen LogP contribution in [0.4, 0.5) is 8.78 Å². The van der Waals surface area contributed by atoms with Gasteiger partial charge in [-0.1, -0.05) is 34.1 Å². The Kier molecular flexibility index (Phi) is 6.23. The van der Waals surface area contributed by atoms with Crippen LogP contribution in [0.25, 0.3) is 0 Å². The number of carboxylic acid groups (broad SMARTS) is 1. The number of aliphatic carboxylic acids is 1. The Morgan fingerprint density at radius 1 is 1.03 bits per heavy atom.